The fourth-order valence-electron chi connectivity index (χ4n) is 1.55. The quantitative estimate of drug-likeness (QED) is 0.788. The average Bonchev–Trinajstić information content (AvgIpc) is 2.44. The molecule has 0 aliphatic carbocycles. The third-order valence-electron chi connectivity index (χ3n) is 2.54. The van der Waals surface area contributed by atoms with Gasteiger partial charge in [0.05, 0.1) is 0 Å². The number of anilines is 1. The van der Waals surface area contributed by atoms with Gasteiger partial charge in [0.1, 0.15) is 5.82 Å². The third-order valence-corrected chi connectivity index (χ3v) is 4.08. The molecule has 0 saturated carbocycles. The van der Waals surface area contributed by atoms with E-state index in [1.54, 1.807) is 23.9 Å². The number of halogens is 2. The van der Waals surface area contributed by atoms with Crippen molar-refractivity contribution in [2.24, 2.45) is 0 Å². The lowest BCUT2D eigenvalue weighted by Gasteiger charge is -2.05. The molecule has 2 rings (SSSR count). The van der Waals surface area contributed by atoms with Crippen LogP contribution in [0.5, 0.6) is 0 Å². The average molecular weight is 354 g/mol. The Morgan fingerprint density at radius 3 is 2.40 bits per heavy atom. The van der Waals surface area contributed by atoms with Crippen LogP contribution in [0.25, 0.3) is 0 Å². The molecule has 2 aromatic rings. The molecular weight excluding hydrogens is 341 g/mol. The van der Waals surface area contributed by atoms with Gasteiger partial charge in [0.25, 0.3) is 0 Å². The highest BCUT2D eigenvalue weighted by atomic mass is 79.9. The molecule has 0 unspecified atom stereocenters. The Balaban J connectivity index is 1.75. The van der Waals surface area contributed by atoms with E-state index in [0.29, 0.717) is 17.9 Å². The number of hydrogen-bond acceptors (Lipinski definition) is 2. The minimum atomic E-state index is -0.311. The summed E-state index contributed by atoms with van der Waals surface area (Å²) < 4.78 is 13.8. The molecule has 0 radical (unpaired) electrons. The van der Waals surface area contributed by atoms with Crippen LogP contribution in [0, 0.1) is 5.82 Å². The number of thioether (sulfide) groups is 1. The van der Waals surface area contributed by atoms with Crippen molar-refractivity contribution >= 4 is 39.3 Å². The van der Waals surface area contributed by atoms with Crippen LogP contribution < -0.4 is 5.32 Å². The second-order valence-electron chi connectivity index (χ2n) is 4.11. The van der Waals surface area contributed by atoms with Crippen LogP contribution >= 0.6 is 27.7 Å². The molecule has 1 amide bonds. The minimum Gasteiger partial charge on any atom is -0.326 e. The Morgan fingerprint density at radius 2 is 1.75 bits per heavy atom. The second-order valence-corrected chi connectivity index (χ2v) is 6.19. The number of amides is 1. The molecule has 0 atom stereocenters. The SMILES string of the molecule is O=C(CCSc1ccc(Br)cc1)Nc1ccc(F)cc1. The normalized spacial score (nSPS) is 10.3. The number of rotatable bonds is 5. The van der Waals surface area contributed by atoms with Crippen LogP contribution in [0.3, 0.4) is 0 Å². The zero-order valence-corrected chi connectivity index (χ0v) is 13.0. The van der Waals surface area contributed by atoms with Gasteiger partial charge in [0.2, 0.25) is 5.91 Å². The summed E-state index contributed by atoms with van der Waals surface area (Å²) in [6.07, 6.45) is 0.415. The summed E-state index contributed by atoms with van der Waals surface area (Å²) in [5.74, 6) is 0.323. The van der Waals surface area contributed by atoms with Gasteiger partial charge in [-0.15, -0.1) is 11.8 Å². The lowest BCUT2D eigenvalue weighted by atomic mass is 10.3. The van der Waals surface area contributed by atoms with E-state index < -0.39 is 0 Å². The predicted octanol–water partition coefficient (Wildman–Crippen LogP) is 4.71. The Kier molecular flexibility index (Phi) is 5.61. The molecule has 5 heteroatoms. The minimum absolute atomic E-state index is 0.0683. The van der Waals surface area contributed by atoms with Gasteiger partial charge in [0.15, 0.2) is 0 Å². The van der Waals surface area contributed by atoms with Gasteiger partial charge < -0.3 is 5.32 Å². The topological polar surface area (TPSA) is 29.1 Å². The van der Waals surface area contributed by atoms with Crippen molar-refractivity contribution in [1.82, 2.24) is 0 Å². The van der Waals surface area contributed by atoms with Crippen LogP contribution in [0.4, 0.5) is 10.1 Å². The summed E-state index contributed by atoms with van der Waals surface area (Å²) >= 11 is 5.01. The second kappa shape index (κ2) is 7.45. The van der Waals surface area contributed by atoms with Gasteiger partial charge in [-0.05, 0) is 48.5 Å². The Hall–Kier alpha value is -1.33. The number of benzene rings is 2. The van der Waals surface area contributed by atoms with Crippen molar-refractivity contribution in [3.63, 3.8) is 0 Å². The monoisotopic (exact) mass is 353 g/mol. The fraction of sp³-hybridized carbons (Fsp3) is 0.133. The molecular formula is C15H13BrFNOS. The van der Waals surface area contributed by atoms with Gasteiger partial charge in [-0.25, -0.2) is 4.39 Å². The van der Waals surface area contributed by atoms with E-state index in [0.717, 1.165) is 9.37 Å². The summed E-state index contributed by atoms with van der Waals surface area (Å²) in [4.78, 5) is 12.8. The molecule has 0 saturated heterocycles. The number of carbonyl (C=O) groups is 1. The van der Waals surface area contributed by atoms with Gasteiger partial charge in [-0.1, -0.05) is 15.9 Å². The highest BCUT2D eigenvalue weighted by Gasteiger charge is 2.03. The molecule has 0 heterocycles. The first-order valence-corrected chi connectivity index (χ1v) is 7.85. The summed E-state index contributed by atoms with van der Waals surface area (Å²) in [5, 5.41) is 2.74. The lowest BCUT2D eigenvalue weighted by molar-refractivity contribution is -0.115. The van der Waals surface area contributed by atoms with Crippen LogP contribution in [0.2, 0.25) is 0 Å². The summed E-state index contributed by atoms with van der Waals surface area (Å²) in [6.45, 7) is 0. The van der Waals surface area contributed by atoms with E-state index in [1.807, 2.05) is 24.3 Å². The van der Waals surface area contributed by atoms with E-state index in [2.05, 4.69) is 21.2 Å². The van der Waals surface area contributed by atoms with Crippen molar-refractivity contribution in [3.05, 3.63) is 58.8 Å². The molecule has 0 spiro atoms. The molecule has 1 N–H and O–H groups in total. The highest BCUT2D eigenvalue weighted by Crippen LogP contribution is 2.21. The molecule has 0 aliphatic heterocycles. The first-order chi connectivity index (χ1) is 9.63. The molecule has 2 aromatic carbocycles. The van der Waals surface area contributed by atoms with Gasteiger partial charge in [-0.2, -0.15) is 0 Å². The molecule has 104 valence electrons. The summed E-state index contributed by atoms with van der Waals surface area (Å²) in [6, 6.07) is 13.7. The number of carbonyl (C=O) groups excluding carboxylic acids is 1. The third kappa shape index (κ3) is 4.98. The van der Waals surface area contributed by atoms with Crippen molar-refractivity contribution < 1.29 is 9.18 Å². The van der Waals surface area contributed by atoms with Gasteiger partial charge >= 0.3 is 0 Å². The first-order valence-electron chi connectivity index (χ1n) is 6.07. The van der Waals surface area contributed by atoms with E-state index in [9.17, 15) is 9.18 Å². The molecule has 0 bridgehead atoms. The zero-order valence-electron chi connectivity index (χ0n) is 10.6. The van der Waals surface area contributed by atoms with Crippen LogP contribution in [0.1, 0.15) is 6.42 Å². The molecule has 0 aliphatic rings. The van der Waals surface area contributed by atoms with E-state index >= 15 is 0 Å². The van der Waals surface area contributed by atoms with Crippen LogP contribution in [-0.4, -0.2) is 11.7 Å². The maximum atomic E-state index is 12.7. The summed E-state index contributed by atoms with van der Waals surface area (Å²) in [5.41, 5.74) is 0.616. The van der Waals surface area contributed by atoms with Crippen molar-refractivity contribution in [3.8, 4) is 0 Å². The van der Waals surface area contributed by atoms with E-state index in [4.69, 9.17) is 0 Å². The molecule has 0 aromatic heterocycles. The fourth-order valence-corrected chi connectivity index (χ4v) is 2.67. The number of nitrogens with one attached hydrogen (secondary N) is 1. The zero-order chi connectivity index (χ0) is 14.4. The van der Waals surface area contributed by atoms with Crippen molar-refractivity contribution in [2.45, 2.75) is 11.3 Å². The highest BCUT2D eigenvalue weighted by molar-refractivity contribution is 9.10. The van der Waals surface area contributed by atoms with Gasteiger partial charge in [-0.3, -0.25) is 4.79 Å². The van der Waals surface area contributed by atoms with Crippen molar-refractivity contribution in [1.29, 1.82) is 0 Å². The molecule has 0 fully saturated rings. The lowest BCUT2D eigenvalue weighted by Crippen LogP contribution is -2.12. The smallest absolute Gasteiger partial charge is 0.225 e. The Bertz CT molecular complexity index is 571. The standard InChI is InChI=1S/C15H13BrFNOS/c16-11-1-7-14(8-2-11)20-10-9-15(19)18-13-5-3-12(17)4-6-13/h1-8H,9-10H2,(H,18,19). The largest absolute Gasteiger partial charge is 0.326 e. The maximum Gasteiger partial charge on any atom is 0.225 e. The molecule has 20 heavy (non-hydrogen) atoms. The van der Waals surface area contributed by atoms with E-state index in [1.165, 1.54) is 12.1 Å². The van der Waals surface area contributed by atoms with Crippen molar-refractivity contribution in [2.75, 3.05) is 11.1 Å². The first kappa shape index (κ1) is 15.1. The van der Waals surface area contributed by atoms with Crippen LogP contribution in [-0.2, 0) is 4.79 Å². The maximum absolute atomic E-state index is 12.7. The Morgan fingerprint density at radius 1 is 1.10 bits per heavy atom. The Labute approximate surface area is 129 Å². The predicted molar refractivity (Wildman–Crippen MR) is 84.5 cm³/mol. The summed E-state index contributed by atoms with van der Waals surface area (Å²) in [7, 11) is 0. The number of hydrogen-bond donors (Lipinski definition) is 1. The molecule has 2 nitrogen and oxygen atoms in total. The van der Waals surface area contributed by atoms with E-state index in [-0.39, 0.29) is 11.7 Å². The van der Waals surface area contributed by atoms with Crippen LogP contribution in [0.15, 0.2) is 57.9 Å². The van der Waals surface area contributed by atoms with Gasteiger partial charge in [0, 0.05) is 27.2 Å².